The van der Waals surface area contributed by atoms with Crippen molar-refractivity contribution in [3.8, 4) is 0 Å². The fourth-order valence-corrected chi connectivity index (χ4v) is 6.17. The Hall–Kier alpha value is -5.08. The number of aliphatic hydroxyl groups excluding tert-OH is 1. The van der Waals surface area contributed by atoms with Crippen molar-refractivity contribution in [1.82, 2.24) is 10.6 Å². The Morgan fingerprint density at radius 3 is 1.80 bits per heavy atom. The first-order valence-corrected chi connectivity index (χ1v) is 16.9. The molecule has 0 bridgehead atoms. The molecule has 0 saturated carbocycles. The zero-order valence-electron chi connectivity index (χ0n) is 28.0. The molecule has 0 heterocycles. The third-order valence-corrected chi connectivity index (χ3v) is 8.88. The quantitative estimate of drug-likeness (QED) is 0.0639. The van der Waals surface area contributed by atoms with Gasteiger partial charge in [0.2, 0.25) is 11.8 Å². The average molecular weight is 655 g/mol. The highest BCUT2D eigenvalue weighted by Crippen LogP contribution is 2.37. The van der Waals surface area contributed by atoms with Crippen LogP contribution in [0.3, 0.4) is 0 Å². The van der Waals surface area contributed by atoms with Crippen LogP contribution in [0.5, 0.6) is 0 Å². The van der Waals surface area contributed by atoms with E-state index >= 15 is 0 Å². The second-order valence-corrected chi connectivity index (χ2v) is 12.5. The zero-order chi connectivity index (χ0) is 34.5. The Morgan fingerprint density at radius 1 is 0.673 bits per heavy atom. The largest absolute Gasteiger partial charge is 0.392 e. The van der Waals surface area contributed by atoms with Crippen molar-refractivity contribution in [1.29, 1.82) is 0 Å². The van der Waals surface area contributed by atoms with Crippen LogP contribution in [0.4, 0.5) is 5.69 Å². The van der Waals surface area contributed by atoms with E-state index in [1.54, 1.807) is 24.3 Å². The van der Waals surface area contributed by atoms with Crippen molar-refractivity contribution in [3.05, 3.63) is 173 Å². The van der Waals surface area contributed by atoms with Crippen molar-refractivity contribution in [3.63, 3.8) is 0 Å². The fraction of sp³-hybridized carbons (Fsp3) is 0.238. The number of carbonyl (C=O) groups excluding carboxylic acids is 2. The summed E-state index contributed by atoms with van der Waals surface area (Å²) in [5.41, 5.74) is 12.6. The summed E-state index contributed by atoms with van der Waals surface area (Å²) in [6, 6.07) is 44.6. The highest BCUT2D eigenvalue weighted by atomic mass is 16.3. The SMILES string of the molecule is Cc1ccc(C(NCCCC[C@H](NC(=O)[C@@H](N)Cc2ccccc2)C(=O)Nc2ccc(CO)cc2)(c2ccccc2)c2ccccc2)cc1. The van der Waals surface area contributed by atoms with Crippen molar-refractivity contribution in [2.45, 2.75) is 56.8 Å². The molecule has 0 saturated heterocycles. The first-order valence-electron chi connectivity index (χ1n) is 16.9. The number of benzene rings is 5. The number of rotatable bonds is 16. The van der Waals surface area contributed by atoms with Gasteiger partial charge in [-0.1, -0.05) is 133 Å². The summed E-state index contributed by atoms with van der Waals surface area (Å²) in [4.78, 5) is 26.8. The van der Waals surface area contributed by atoms with Crippen molar-refractivity contribution < 1.29 is 14.7 Å². The average Bonchev–Trinajstić information content (AvgIpc) is 3.14. The lowest BCUT2D eigenvalue weighted by Gasteiger charge is -2.37. The van der Waals surface area contributed by atoms with E-state index in [9.17, 15) is 14.7 Å². The molecule has 0 fully saturated rings. The van der Waals surface area contributed by atoms with Gasteiger partial charge in [0.25, 0.3) is 0 Å². The normalized spacial score (nSPS) is 12.6. The molecule has 49 heavy (non-hydrogen) atoms. The monoisotopic (exact) mass is 654 g/mol. The number of nitrogens with one attached hydrogen (secondary N) is 3. The van der Waals surface area contributed by atoms with Gasteiger partial charge in [-0.25, -0.2) is 0 Å². The summed E-state index contributed by atoms with van der Waals surface area (Å²) in [5.74, 6) is -0.683. The third kappa shape index (κ3) is 9.30. The number of nitrogens with two attached hydrogens (primary N) is 1. The number of carbonyl (C=O) groups is 2. The van der Waals surface area contributed by atoms with Gasteiger partial charge in [0.05, 0.1) is 18.2 Å². The molecule has 0 unspecified atom stereocenters. The molecule has 252 valence electrons. The number of aryl methyl sites for hydroxylation is 1. The van der Waals surface area contributed by atoms with E-state index in [0.717, 1.165) is 34.2 Å². The van der Waals surface area contributed by atoms with E-state index < -0.39 is 17.6 Å². The van der Waals surface area contributed by atoms with E-state index in [-0.39, 0.29) is 18.4 Å². The molecule has 5 aromatic carbocycles. The van der Waals surface area contributed by atoms with Crippen LogP contribution in [0.1, 0.15) is 52.6 Å². The molecule has 6 N–H and O–H groups in total. The van der Waals surface area contributed by atoms with Gasteiger partial charge < -0.3 is 21.5 Å². The first kappa shape index (κ1) is 35.2. The van der Waals surface area contributed by atoms with Gasteiger partial charge in [0.15, 0.2) is 0 Å². The molecule has 2 atom stereocenters. The van der Waals surface area contributed by atoms with Gasteiger partial charge in [0.1, 0.15) is 6.04 Å². The molecular weight excluding hydrogens is 608 g/mol. The maximum Gasteiger partial charge on any atom is 0.246 e. The molecule has 0 aliphatic carbocycles. The summed E-state index contributed by atoms with van der Waals surface area (Å²) >= 11 is 0. The standard InChI is InChI=1S/C42H46N4O3/c1-31-20-24-36(25-21-31)42(34-15-7-3-8-16-34,35-17-9-4-10-18-35)44-28-12-11-19-39(41(49)45-37-26-22-33(30-47)23-27-37)46-40(48)38(43)29-32-13-5-2-6-14-32/h2-10,13-18,20-27,38-39,44,47H,11-12,19,28-30,43H2,1H3,(H,45,49)(H,46,48)/t38-,39-/m0/s1. The van der Waals surface area contributed by atoms with Crippen LogP contribution in [0.25, 0.3) is 0 Å². The van der Waals surface area contributed by atoms with Gasteiger partial charge in [-0.3, -0.25) is 14.9 Å². The smallest absolute Gasteiger partial charge is 0.246 e. The van der Waals surface area contributed by atoms with Crippen LogP contribution in [0.15, 0.2) is 140 Å². The lowest BCUT2D eigenvalue weighted by Crippen LogP contribution is -2.50. The van der Waals surface area contributed by atoms with Crippen LogP contribution in [0, 0.1) is 6.92 Å². The minimum absolute atomic E-state index is 0.0833. The van der Waals surface area contributed by atoms with Crippen molar-refractivity contribution in [2.24, 2.45) is 5.73 Å². The molecule has 5 aromatic rings. The molecule has 0 aromatic heterocycles. The van der Waals surface area contributed by atoms with Gasteiger partial charge in [0, 0.05) is 5.69 Å². The van der Waals surface area contributed by atoms with Crippen LogP contribution >= 0.6 is 0 Å². The maximum absolute atomic E-state index is 13.6. The van der Waals surface area contributed by atoms with Gasteiger partial charge in [-0.05, 0) is 79.1 Å². The summed E-state index contributed by atoms with van der Waals surface area (Å²) < 4.78 is 0. The highest BCUT2D eigenvalue weighted by Gasteiger charge is 2.35. The van der Waals surface area contributed by atoms with E-state index in [1.807, 2.05) is 42.5 Å². The summed E-state index contributed by atoms with van der Waals surface area (Å²) in [6.07, 6.45) is 2.23. The van der Waals surface area contributed by atoms with Crippen molar-refractivity contribution in [2.75, 3.05) is 11.9 Å². The third-order valence-electron chi connectivity index (χ3n) is 8.88. The molecule has 7 heteroatoms. The number of hydrogen-bond donors (Lipinski definition) is 5. The van der Waals surface area contributed by atoms with Crippen LogP contribution in [-0.2, 0) is 28.2 Å². The van der Waals surface area contributed by atoms with Crippen LogP contribution in [0.2, 0.25) is 0 Å². The summed E-state index contributed by atoms with van der Waals surface area (Å²) in [7, 11) is 0. The molecule has 2 amide bonds. The molecule has 0 radical (unpaired) electrons. The van der Waals surface area contributed by atoms with Gasteiger partial charge in [-0.2, -0.15) is 0 Å². The number of anilines is 1. The number of unbranched alkanes of at least 4 members (excludes halogenated alkanes) is 1. The second-order valence-electron chi connectivity index (χ2n) is 12.5. The fourth-order valence-electron chi connectivity index (χ4n) is 6.17. The lowest BCUT2D eigenvalue weighted by molar-refractivity contribution is -0.127. The number of aliphatic hydroxyl groups is 1. The highest BCUT2D eigenvalue weighted by molar-refractivity contribution is 5.97. The number of amides is 2. The molecule has 0 aliphatic heterocycles. The molecule has 0 aliphatic rings. The minimum atomic E-state index is -0.796. The summed E-state index contributed by atoms with van der Waals surface area (Å²) in [6.45, 7) is 2.67. The second kappa shape index (κ2) is 17.4. The number of hydrogen-bond acceptors (Lipinski definition) is 5. The topological polar surface area (TPSA) is 116 Å². The van der Waals surface area contributed by atoms with E-state index in [2.05, 4.69) is 95.7 Å². The predicted octanol–water partition coefficient (Wildman–Crippen LogP) is 6.23. The Morgan fingerprint density at radius 2 is 1.22 bits per heavy atom. The Bertz CT molecular complexity index is 1710. The van der Waals surface area contributed by atoms with Gasteiger partial charge >= 0.3 is 0 Å². The lowest BCUT2D eigenvalue weighted by atomic mass is 9.76. The molecular formula is C42H46N4O3. The van der Waals surface area contributed by atoms with E-state index in [1.165, 1.54) is 5.56 Å². The molecule has 0 spiro atoms. The molecule has 7 nitrogen and oxygen atoms in total. The molecule has 5 rings (SSSR count). The predicted molar refractivity (Wildman–Crippen MR) is 197 cm³/mol. The Kier molecular flexibility index (Phi) is 12.5. The summed E-state index contributed by atoms with van der Waals surface area (Å²) in [5, 5.41) is 19.2. The van der Waals surface area contributed by atoms with Crippen molar-refractivity contribution >= 4 is 17.5 Å². The Labute approximate surface area is 289 Å². The minimum Gasteiger partial charge on any atom is -0.392 e. The van der Waals surface area contributed by atoms with Crippen LogP contribution in [-0.4, -0.2) is 35.5 Å². The van der Waals surface area contributed by atoms with Gasteiger partial charge in [-0.15, -0.1) is 0 Å². The maximum atomic E-state index is 13.6. The Balaban J connectivity index is 1.31. The van der Waals surface area contributed by atoms with E-state index in [4.69, 9.17) is 5.73 Å². The van der Waals surface area contributed by atoms with E-state index in [0.29, 0.717) is 31.5 Å². The zero-order valence-corrected chi connectivity index (χ0v) is 28.0. The van der Waals surface area contributed by atoms with Crippen LogP contribution < -0.4 is 21.7 Å². The first-order chi connectivity index (χ1) is 23.9.